The number of carbonyl (C=O) groups is 1. The van der Waals surface area contributed by atoms with Gasteiger partial charge in [-0.3, -0.25) is 0 Å². The Hall–Kier alpha value is -2.23. The van der Waals surface area contributed by atoms with Crippen LogP contribution in [0.1, 0.15) is 15.9 Å². The summed E-state index contributed by atoms with van der Waals surface area (Å²) >= 11 is -3.40. The van der Waals surface area contributed by atoms with Crippen molar-refractivity contribution in [1.82, 2.24) is 0 Å². The number of rotatable bonds is 6. The van der Waals surface area contributed by atoms with Crippen LogP contribution < -0.4 is 4.74 Å². The maximum Gasteiger partial charge on any atom is 0.338 e. The molecule has 1 atom stereocenters. The summed E-state index contributed by atoms with van der Waals surface area (Å²) in [6.07, 6.45) is 0.726. The third kappa shape index (κ3) is 5.72. The third-order valence-electron chi connectivity index (χ3n) is 3.84. The Morgan fingerprint density at radius 3 is 2.13 bits per heavy atom. The molecule has 0 aromatic heterocycles. The Kier molecular flexibility index (Phi) is 5.77. The number of benzene rings is 2. The average Bonchev–Trinajstić information content (AvgIpc) is 2.58. The highest BCUT2D eigenvalue weighted by molar-refractivity contribution is 8.45. The molecule has 2 rings (SSSR count). The summed E-state index contributed by atoms with van der Waals surface area (Å²) in [7, 11) is -13.5. The number of carbonyl (C=O) groups excluding carboxylic acids is 1. The Morgan fingerprint density at radius 1 is 1.10 bits per heavy atom. The summed E-state index contributed by atoms with van der Waals surface area (Å²) in [5.74, 6) is -2.34. The Balaban J connectivity index is 2.74. The maximum absolute atomic E-state index is 13.4. The molecule has 2 aromatic rings. The van der Waals surface area contributed by atoms with E-state index in [2.05, 4.69) is 4.74 Å². The summed E-state index contributed by atoms with van der Waals surface area (Å²) in [5.41, 5.74) is -0.0516. The van der Waals surface area contributed by atoms with Gasteiger partial charge in [0.05, 0.1) is 17.6 Å². The van der Waals surface area contributed by atoms with E-state index in [4.69, 9.17) is 9.29 Å². The lowest BCUT2D eigenvalue weighted by Gasteiger charge is -2.41. The zero-order valence-electron chi connectivity index (χ0n) is 15.9. The van der Waals surface area contributed by atoms with Gasteiger partial charge in [-0.1, -0.05) is 19.4 Å². The number of esters is 1. The number of hydrogen-bond donors (Lipinski definition) is 1. The second-order valence-electron chi connectivity index (χ2n) is 6.31. The van der Waals surface area contributed by atoms with Crippen molar-refractivity contribution < 1.29 is 50.9 Å². The van der Waals surface area contributed by atoms with Crippen LogP contribution in [0.4, 0.5) is 19.4 Å². The zero-order valence-corrected chi connectivity index (χ0v) is 18.3. The molecule has 0 saturated carbocycles. The smallest absolute Gasteiger partial charge is 0.338 e. The summed E-state index contributed by atoms with van der Waals surface area (Å²) in [6, 6.07) is 2.68. The quantitative estimate of drug-likeness (QED) is 0.323. The number of halogens is 5. The number of aryl methyl sites for hydroxylation is 1. The summed E-state index contributed by atoms with van der Waals surface area (Å²) < 4.78 is 121. The molecule has 1 unspecified atom stereocenters. The molecule has 0 aliphatic heterocycles. The second-order valence-corrected chi connectivity index (χ2v) is 11.6. The van der Waals surface area contributed by atoms with Crippen molar-refractivity contribution in [1.29, 1.82) is 0 Å². The van der Waals surface area contributed by atoms with Crippen LogP contribution in [0, 0.1) is 6.92 Å². The maximum atomic E-state index is 13.4. The first-order chi connectivity index (χ1) is 13.7. The number of ether oxygens (including phenoxy) is 2. The fraction of sp³-hybridized carbons (Fsp3) is 0.188. The van der Waals surface area contributed by atoms with E-state index >= 15 is 0 Å². The first-order valence-corrected chi connectivity index (χ1v) is 12.8. The van der Waals surface area contributed by atoms with Crippen molar-refractivity contribution in [2.75, 3.05) is 13.4 Å². The van der Waals surface area contributed by atoms with E-state index in [0.29, 0.717) is 12.1 Å². The highest BCUT2D eigenvalue weighted by atomic mass is 32.5. The van der Waals surface area contributed by atoms with Gasteiger partial charge in [0.25, 0.3) is 0 Å². The predicted octanol–water partition coefficient (Wildman–Crippen LogP) is 5.22. The lowest BCUT2D eigenvalue weighted by Crippen LogP contribution is -2.11. The summed E-state index contributed by atoms with van der Waals surface area (Å²) in [4.78, 5) is 6.93. The highest BCUT2D eigenvalue weighted by Crippen LogP contribution is 3.02. The molecular weight excluding hydrogens is 495 g/mol. The van der Waals surface area contributed by atoms with Crippen molar-refractivity contribution >= 4 is 37.1 Å². The Morgan fingerprint density at radius 2 is 1.68 bits per heavy atom. The largest absolute Gasteiger partial charge is 0.465 e. The molecule has 0 amide bonds. The molecule has 0 bridgehead atoms. The minimum atomic E-state index is -10.4. The van der Waals surface area contributed by atoms with Crippen molar-refractivity contribution in [3.05, 3.63) is 41.5 Å². The van der Waals surface area contributed by atoms with Gasteiger partial charge in [-0.05, 0) is 36.8 Å². The molecule has 0 saturated heterocycles. The van der Waals surface area contributed by atoms with Crippen molar-refractivity contribution in [2.24, 2.45) is 0 Å². The number of sulfone groups is 1. The normalized spacial score (nSPS) is 15.5. The zero-order chi connectivity index (χ0) is 24.1. The van der Waals surface area contributed by atoms with E-state index in [-0.39, 0.29) is 17.2 Å². The lowest BCUT2D eigenvalue weighted by molar-refractivity contribution is 0.0599. The van der Waals surface area contributed by atoms with Crippen LogP contribution in [-0.4, -0.2) is 36.5 Å². The van der Waals surface area contributed by atoms with E-state index < -0.39 is 63.3 Å². The van der Waals surface area contributed by atoms with Crippen molar-refractivity contribution in [2.45, 2.75) is 21.6 Å². The molecule has 31 heavy (non-hydrogen) atoms. The van der Waals surface area contributed by atoms with E-state index in [0.717, 1.165) is 25.5 Å². The van der Waals surface area contributed by atoms with Crippen LogP contribution in [0.5, 0.6) is 11.5 Å². The van der Waals surface area contributed by atoms with Gasteiger partial charge in [-0.2, -0.15) is 0 Å². The van der Waals surface area contributed by atoms with E-state index in [1.165, 1.54) is 6.92 Å². The molecule has 1 N–H and O–H groups in total. The number of hydrogen-bond acceptors (Lipinski definition) is 6. The molecule has 174 valence electrons. The Labute approximate surface area is 176 Å². The molecule has 7 nitrogen and oxygen atoms in total. The SMILES string of the molecule is COC(=O)c1cc(S(C)(=O)=O)c(Oc2ccc(S(=O)O)c(S(F)(F)(F)(F)F)c2)cc1C. The average molecular weight is 510 g/mol. The predicted molar refractivity (Wildman–Crippen MR) is 103 cm³/mol. The van der Waals surface area contributed by atoms with Crippen LogP contribution in [0.25, 0.3) is 0 Å². The van der Waals surface area contributed by atoms with Gasteiger partial charge in [0.1, 0.15) is 21.3 Å². The fourth-order valence-corrected chi connectivity index (χ4v) is 5.17. The molecule has 15 heteroatoms. The highest BCUT2D eigenvalue weighted by Gasteiger charge is 2.67. The minimum Gasteiger partial charge on any atom is -0.465 e. The first-order valence-electron chi connectivity index (χ1n) is 7.84. The second kappa shape index (κ2) is 7.15. The van der Waals surface area contributed by atoms with Gasteiger partial charge in [0.2, 0.25) is 0 Å². The number of methoxy groups -OCH3 is 1. The third-order valence-corrected chi connectivity index (χ3v) is 6.99. The summed E-state index contributed by atoms with van der Waals surface area (Å²) in [5, 5.41) is 0. The van der Waals surface area contributed by atoms with Gasteiger partial charge >= 0.3 is 16.2 Å². The van der Waals surface area contributed by atoms with E-state index in [1.807, 2.05) is 0 Å². The molecule has 0 aliphatic carbocycles. The van der Waals surface area contributed by atoms with Crippen LogP contribution in [-0.2, 0) is 25.7 Å². The van der Waals surface area contributed by atoms with E-state index in [9.17, 15) is 36.9 Å². The van der Waals surface area contributed by atoms with Crippen LogP contribution in [0.15, 0.2) is 45.0 Å². The van der Waals surface area contributed by atoms with Crippen molar-refractivity contribution in [3.63, 3.8) is 0 Å². The standard InChI is InChI=1S/C16H15F5O7S3/c1-9-6-12(14(30(3,25)26)8-11(9)16(22)27-2)28-10-4-5-13(29(23)24)15(7-10)31(17,18,19,20)21/h4-8H,1-3H3,(H,23,24). The summed E-state index contributed by atoms with van der Waals surface area (Å²) in [6.45, 7) is 1.35. The Bertz CT molecular complexity index is 1210. The fourth-order valence-electron chi connectivity index (χ4n) is 2.49. The molecule has 0 heterocycles. The van der Waals surface area contributed by atoms with Gasteiger partial charge in [0.15, 0.2) is 20.9 Å². The molecular formula is C16H15F5O7S3. The van der Waals surface area contributed by atoms with Gasteiger partial charge < -0.3 is 14.0 Å². The topological polar surface area (TPSA) is 107 Å². The van der Waals surface area contributed by atoms with Crippen LogP contribution >= 0.6 is 10.2 Å². The lowest BCUT2D eigenvalue weighted by atomic mass is 10.1. The monoisotopic (exact) mass is 510 g/mol. The van der Waals surface area contributed by atoms with E-state index in [1.54, 1.807) is 0 Å². The van der Waals surface area contributed by atoms with Gasteiger partial charge in [0, 0.05) is 12.3 Å². The minimum absolute atomic E-state index is 0.121. The van der Waals surface area contributed by atoms with Crippen LogP contribution in [0.3, 0.4) is 0 Å². The molecule has 0 fully saturated rings. The molecule has 0 spiro atoms. The first kappa shape index (κ1) is 25.0. The van der Waals surface area contributed by atoms with Gasteiger partial charge in [-0.15, -0.1) is 0 Å². The van der Waals surface area contributed by atoms with Crippen molar-refractivity contribution in [3.8, 4) is 11.5 Å². The van der Waals surface area contributed by atoms with Gasteiger partial charge in [-0.25, -0.2) is 17.4 Å². The molecule has 0 radical (unpaired) electrons. The molecule has 2 aromatic carbocycles. The molecule has 0 aliphatic rings. The van der Waals surface area contributed by atoms with Crippen LogP contribution in [0.2, 0.25) is 0 Å².